The van der Waals surface area contributed by atoms with E-state index in [1.807, 2.05) is 13.0 Å². The van der Waals surface area contributed by atoms with Gasteiger partial charge in [-0.3, -0.25) is 4.98 Å². The molecule has 0 aliphatic carbocycles. The summed E-state index contributed by atoms with van der Waals surface area (Å²) in [7, 11) is -2.90. The van der Waals surface area contributed by atoms with Crippen LogP contribution in [0, 0.1) is 0 Å². The van der Waals surface area contributed by atoms with Crippen molar-refractivity contribution < 1.29 is 13.5 Å². The summed E-state index contributed by atoms with van der Waals surface area (Å²) in [5.74, 6) is 0.688. The molecule has 4 nitrogen and oxygen atoms in total. The summed E-state index contributed by atoms with van der Waals surface area (Å²) in [6.45, 7) is 1.89. The van der Waals surface area contributed by atoms with Crippen LogP contribution in [-0.4, -0.2) is 36.3 Å². The molecule has 0 aliphatic heterocycles. The fourth-order valence-corrected chi connectivity index (χ4v) is 3.27. The molecule has 1 atom stereocenters. The van der Waals surface area contributed by atoms with Crippen molar-refractivity contribution in [3.8, 4) is 0 Å². The second-order valence-corrected chi connectivity index (χ2v) is 7.25. The van der Waals surface area contributed by atoms with Gasteiger partial charge in [0, 0.05) is 23.1 Å². The molecule has 0 bridgehead atoms. The van der Waals surface area contributed by atoms with Gasteiger partial charge in [0.05, 0.1) is 17.6 Å². The molecule has 17 heavy (non-hydrogen) atoms. The first-order valence-electron chi connectivity index (χ1n) is 5.37. The van der Waals surface area contributed by atoms with E-state index < -0.39 is 15.9 Å². The van der Waals surface area contributed by atoms with Crippen molar-refractivity contribution >= 4 is 21.6 Å². The average Bonchev–Trinajstić information content (AvgIpc) is 2.27. The number of rotatable bonds is 6. The average molecular weight is 275 g/mol. The van der Waals surface area contributed by atoms with Crippen LogP contribution in [-0.2, 0) is 9.84 Å². The van der Waals surface area contributed by atoms with Crippen molar-refractivity contribution in [3.05, 3.63) is 24.0 Å². The standard InChI is InChI=1S/C11H17NO3S2/c1-3-11(13)10-5-4-9(8-12-10)16-6-7-17(2,14)15/h4-5,8,11,13H,3,6-7H2,1-2H3/t11-/m1/s1. The van der Waals surface area contributed by atoms with E-state index in [-0.39, 0.29) is 5.75 Å². The topological polar surface area (TPSA) is 67.3 Å². The van der Waals surface area contributed by atoms with E-state index in [1.54, 1.807) is 12.3 Å². The van der Waals surface area contributed by atoms with Gasteiger partial charge in [-0.2, -0.15) is 0 Å². The first-order valence-corrected chi connectivity index (χ1v) is 8.41. The molecule has 0 saturated heterocycles. The number of hydrogen-bond donors (Lipinski definition) is 1. The number of hydrogen-bond acceptors (Lipinski definition) is 5. The maximum atomic E-state index is 10.9. The zero-order valence-corrected chi connectivity index (χ0v) is 11.6. The molecule has 1 heterocycles. The predicted octanol–water partition coefficient (Wildman–Crippen LogP) is 1.66. The molecule has 0 saturated carbocycles. The summed E-state index contributed by atoms with van der Waals surface area (Å²) in [5, 5.41) is 9.55. The lowest BCUT2D eigenvalue weighted by Crippen LogP contribution is -2.05. The molecule has 0 aromatic carbocycles. The van der Waals surface area contributed by atoms with Crippen molar-refractivity contribution in [1.82, 2.24) is 4.98 Å². The molecule has 0 radical (unpaired) electrons. The fraction of sp³-hybridized carbons (Fsp3) is 0.545. The van der Waals surface area contributed by atoms with Crippen LogP contribution < -0.4 is 0 Å². The summed E-state index contributed by atoms with van der Waals surface area (Å²) in [4.78, 5) is 5.06. The maximum absolute atomic E-state index is 10.9. The largest absolute Gasteiger partial charge is 0.387 e. The molecule has 0 aliphatic rings. The van der Waals surface area contributed by atoms with Gasteiger partial charge in [-0.15, -0.1) is 11.8 Å². The summed E-state index contributed by atoms with van der Waals surface area (Å²) in [6.07, 6.45) is 3.01. The number of sulfone groups is 1. The second kappa shape index (κ2) is 6.37. The Morgan fingerprint density at radius 1 is 1.47 bits per heavy atom. The normalized spacial score (nSPS) is 13.6. The van der Waals surface area contributed by atoms with E-state index >= 15 is 0 Å². The molecule has 0 amide bonds. The van der Waals surface area contributed by atoms with Crippen molar-refractivity contribution in [1.29, 1.82) is 0 Å². The van der Waals surface area contributed by atoms with Gasteiger partial charge in [0.15, 0.2) is 0 Å². The third-order valence-electron chi connectivity index (χ3n) is 2.21. The van der Waals surface area contributed by atoms with Crippen LogP contribution in [0.25, 0.3) is 0 Å². The monoisotopic (exact) mass is 275 g/mol. The van der Waals surface area contributed by atoms with Crippen LogP contribution in [0.4, 0.5) is 0 Å². The fourth-order valence-electron chi connectivity index (χ4n) is 1.19. The van der Waals surface area contributed by atoms with E-state index in [9.17, 15) is 13.5 Å². The van der Waals surface area contributed by atoms with Crippen LogP contribution in [0.5, 0.6) is 0 Å². The third kappa shape index (κ3) is 5.52. The number of pyridine rings is 1. The lowest BCUT2D eigenvalue weighted by Gasteiger charge is -2.07. The van der Waals surface area contributed by atoms with Gasteiger partial charge in [0.1, 0.15) is 9.84 Å². The lowest BCUT2D eigenvalue weighted by atomic mass is 10.2. The van der Waals surface area contributed by atoms with Crippen LogP contribution in [0.2, 0.25) is 0 Å². The number of aliphatic hydroxyl groups excluding tert-OH is 1. The van der Waals surface area contributed by atoms with Gasteiger partial charge in [-0.25, -0.2) is 8.42 Å². The SMILES string of the molecule is CC[C@@H](O)c1ccc(SCCS(C)(=O)=O)cn1. The van der Waals surface area contributed by atoms with Gasteiger partial charge < -0.3 is 5.11 Å². The number of aliphatic hydroxyl groups is 1. The first kappa shape index (κ1) is 14.5. The highest BCUT2D eigenvalue weighted by atomic mass is 32.2. The molecule has 1 N–H and O–H groups in total. The van der Waals surface area contributed by atoms with Gasteiger partial charge in [-0.05, 0) is 18.6 Å². The van der Waals surface area contributed by atoms with Crippen LogP contribution >= 0.6 is 11.8 Å². The molecule has 96 valence electrons. The zero-order chi connectivity index (χ0) is 12.9. The first-order chi connectivity index (χ1) is 7.92. The Kier molecular flexibility index (Phi) is 5.42. The highest BCUT2D eigenvalue weighted by molar-refractivity contribution is 8.00. The molecular formula is C11H17NO3S2. The van der Waals surface area contributed by atoms with Crippen LogP contribution in [0.15, 0.2) is 23.2 Å². The quantitative estimate of drug-likeness (QED) is 0.800. The Morgan fingerprint density at radius 2 is 2.18 bits per heavy atom. The van der Waals surface area contributed by atoms with Crippen molar-refractivity contribution in [2.24, 2.45) is 0 Å². The van der Waals surface area contributed by atoms with Gasteiger partial charge in [0.2, 0.25) is 0 Å². The minimum atomic E-state index is -2.90. The summed E-state index contributed by atoms with van der Waals surface area (Å²) >= 11 is 1.45. The Morgan fingerprint density at radius 3 is 2.65 bits per heavy atom. The zero-order valence-electron chi connectivity index (χ0n) is 9.96. The van der Waals surface area contributed by atoms with Crippen molar-refractivity contribution in [2.75, 3.05) is 17.8 Å². The molecule has 0 fully saturated rings. The number of aromatic nitrogens is 1. The number of nitrogens with zero attached hydrogens (tertiary/aromatic N) is 1. The molecule has 0 unspecified atom stereocenters. The minimum absolute atomic E-state index is 0.164. The minimum Gasteiger partial charge on any atom is -0.387 e. The third-order valence-corrected chi connectivity index (χ3v) is 4.40. The van der Waals surface area contributed by atoms with E-state index in [4.69, 9.17) is 0 Å². The van der Waals surface area contributed by atoms with Gasteiger partial charge in [0.25, 0.3) is 0 Å². The number of thioether (sulfide) groups is 1. The van der Waals surface area contributed by atoms with E-state index in [1.165, 1.54) is 18.0 Å². The van der Waals surface area contributed by atoms with Crippen LogP contribution in [0.3, 0.4) is 0 Å². The van der Waals surface area contributed by atoms with E-state index in [2.05, 4.69) is 4.98 Å². The Balaban J connectivity index is 2.51. The summed E-state index contributed by atoms with van der Waals surface area (Å²) < 4.78 is 21.9. The van der Waals surface area contributed by atoms with E-state index in [0.717, 1.165) is 4.90 Å². The lowest BCUT2D eigenvalue weighted by molar-refractivity contribution is 0.169. The molecular weight excluding hydrogens is 258 g/mol. The van der Waals surface area contributed by atoms with Gasteiger partial charge >= 0.3 is 0 Å². The second-order valence-electron chi connectivity index (χ2n) is 3.82. The smallest absolute Gasteiger partial charge is 0.148 e. The Bertz CT molecular complexity index is 442. The molecule has 1 aromatic heterocycles. The highest BCUT2D eigenvalue weighted by Gasteiger charge is 2.06. The van der Waals surface area contributed by atoms with Gasteiger partial charge in [-0.1, -0.05) is 6.92 Å². The van der Waals surface area contributed by atoms with Crippen molar-refractivity contribution in [3.63, 3.8) is 0 Å². The molecule has 1 aromatic rings. The predicted molar refractivity (Wildman–Crippen MR) is 69.9 cm³/mol. The van der Waals surface area contributed by atoms with Crippen molar-refractivity contribution in [2.45, 2.75) is 24.3 Å². The summed E-state index contributed by atoms with van der Waals surface area (Å²) in [5.41, 5.74) is 0.653. The highest BCUT2D eigenvalue weighted by Crippen LogP contribution is 2.20. The molecule has 0 spiro atoms. The molecule has 1 rings (SSSR count). The summed E-state index contributed by atoms with van der Waals surface area (Å²) in [6, 6.07) is 3.63. The van der Waals surface area contributed by atoms with Crippen LogP contribution in [0.1, 0.15) is 25.1 Å². The Hall–Kier alpha value is -0.590. The Labute approximate surface area is 106 Å². The molecule has 6 heteroatoms. The maximum Gasteiger partial charge on any atom is 0.148 e. The van der Waals surface area contributed by atoms with E-state index in [0.29, 0.717) is 17.9 Å².